The summed E-state index contributed by atoms with van der Waals surface area (Å²) in [4.78, 5) is 6.96. The first kappa shape index (κ1) is 15.9. The Bertz CT molecular complexity index is 713. The lowest BCUT2D eigenvalue weighted by molar-refractivity contribution is 0.601. The van der Waals surface area contributed by atoms with Gasteiger partial charge in [0.25, 0.3) is 0 Å². The molecule has 0 amide bonds. The number of hydrogen-bond acceptors (Lipinski definition) is 5. The number of sulfone groups is 1. The van der Waals surface area contributed by atoms with Crippen molar-refractivity contribution < 1.29 is 8.42 Å². The molecule has 0 aliphatic carbocycles. The highest BCUT2D eigenvalue weighted by Gasteiger charge is 2.43. The minimum absolute atomic E-state index is 0.0594. The third-order valence-corrected chi connectivity index (χ3v) is 7.53. The lowest BCUT2D eigenvalue weighted by atomic mass is 10.1. The summed E-state index contributed by atoms with van der Waals surface area (Å²) in [5.74, 6) is 0.475. The van der Waals surface area contributed by atoms with Crippen LogP contribution < -0.4 is 4.90 Å². The number of amidine groups is 1. The second-order valence-electron chi connectivity index (χ2n) is 6.13. The topological polar surface area (TPSA) is 49.7 Å². The molecule has 2 aliphatic rings. The molecule has 0 aromatic heterocycles. The van der Waals surface area contributed by atoms with E-state index >= 15 is 0 Å². The number of benzene rings is 1. The standard InChI is InChI=1S/C16H22N2O2S2/c1-4-7-18(13-6-5-11(2)12(3)8-13)16-17-14-9-22(19,20)10-15(14)21-16/h5-6,8,14-15H,4,7,9-10H2,1-3H3. The van der Waals surface area contributed by atoms with Gasteiger partial charge < -0.3 is 4.90 Å². The van der Waals surface area contributed by atoms with Crippen LogP contribution in [0.25, 0.3) is 0 Å². The van der Waals surface area contributed by atoms with E-state index in [0.29, 0.717) is 0 Å². The van der Waals surface area contributed by atoms with Gasteiger partial charge in [0.1, 0.15) is 0 Å². The second-order valence-corrected chi connectivity index (χ2v) is 9.49. The molecule has 1 aromatic carbocycles. The summed E-state index contributed by atoms with van der Waals surface area (Å²) in [5, 5.41) is 1.08. The van der Waals surface area contributed by atoms with Crippen molar-refractivity contribution >= 4 is 32.5 Å². The van der Waals surface area contributed by atoms with Crippen LogP contribution in [0.1, 0.15) is 24.5 Å². The summed E-state index contributed by atoms with van der Waals surface area (Å²) in [6, 6.07) is 6.40. The number of thioether (sulfide) groups is 1. The first-order chi connectivity index (χ1) is 10.4. The Balaban J connectivity index is 1.88. The van der Waals surface area contributed by atoms with Crippen molar-refractivity contribution in [1.29, 1.82) is 0 Å². The van der Waals surface area contributed by atoms with Gasteiger partial charge in [0.15, 0.2) is 15.0 Å². The highest BCUT2D eigenvalue weighted by molar-refractivity contribution is 8.15. The molecule has 6 heteroatoms. The molecule has 0 bridgehead atoms. The zero-order valence-electron chi connectivity index (χ0n) is 13.2. The molecule has 1 saturated heterocycles. The van der Waals surface area contributed by atoms with Gasteiger partial charge in [-0.25, -0.2) is 8.42 Å². The molecule has 0 radical (unpaired) electrons. The number of rotatable bonds is 3. The Labute approximate surface area is 136 Å². The van der Waals surface area contributed by atoms with E-state index < -0.39 is 9.84 Å². The minimum atomic E-state index is -2.89. The van der Waals surface area contributed by atoms with Crippen LogP contribution in [0, 0.1) is 13.8 Å². The first-order valence-corrected chi connectivity index (χ1v) is 10.4. The van der Waals surface area contributed by atoms with Gasteiger partial charge in [0, 0.05) is 17.5 Å². The monoisotopic (exact) mass is 338 g/mol. The normalized spacial score (nSPS) is 25.9. The number of fused-ring (bicyclic) bond motifs is 1. The first-order valence-electron chi connectivity index (χ1n) is 7.69. The van der Waals surface area contributed by atoms with Crippen LogP contribution in [0.3, 0.4) is 0 Å². The molecule has 120 valence electrons. The Morgan fingerprint density at radius 1 is 1.27 bits per heavy atom. The van der Waals surface area contributed by atoms with Crippen molar-refractivity contribution in [2.75, 3.05) is 23.0 Å². The van der Waals surface area contributed by atoms with Crippen molar-refractivity contribution in [2.45, 2.75) is 38.5 Å². The van der Waals surface area contributed by atoms with Gasteiger partial charge in [-0.05, 0) is 43.5 Å². The molecular weight excluding hydrogens is 316 g/mol. The van der Waals surface area contributed by atoms with Gasteiger partial charge in [0.05, 0.1) is 17.5 Å². The fraction of sp³-hybridized carbons (Fsp3) is 0.562. The SMILES string of the molecule is CCCN(C1=NC2CS(=O)(=O)CC2S1)c1ccc(C)c(C)c1. The number of aliphatic imine (C=N–C) groups is 1. The summed E-state index contributed by atoms with van der Waals surface area (Å²) in [5.41, 5.74) is 3.70. The fourth-order valence-corrected chi connectivity index (χ4v) is 6.73. The van der Waals surface area contributed by atoms with Gasteiger partial charge in [0.2, 0.25) is 0 Å². The minimum Gasteiger partial charge on any atom is -0.321 e. The highest BCUT2D eigenvalue weighted by atomic mass is 32.2. The molecule has 4 nitrogen and oxygen atoms in total. The second kappa shape index (κ2) is 5.89. The zero-order chi connectivity index (χ0) is 15.9. The van der Waals surface area contributed by atoms with Crippen LogP contribution in [0.15, 0.2) is 23.2 Å². The molecule has 2 atom stereocenters. The molecule has 0 saturated carbocycles. The number of anilines is 1. The van der Waals surface area contributed by atoms with Crippen LogP contribution >= 0.6 is 11.8 Å². The summed E-state index contributed by atoms with van der Waals surface area (Å²) >= 11 is 1.63. The van der Waals surface area contributed by atoms with E-state index in [4.69, 9.17) is 4.99 Å². The summed E-state index contributed by atoms with van der Waals surface area (Å²) in [7, 11) is -2.89. The average Bonchev–Trinajstić information content (AvgIpc) is 2.92. The van der Waals surface area contributed by atoms with Crippen LogP contribution in [0.4, 0.5) is 5.69 Å². The molecule has 2 unspecified atom stereocenters. The number of nitrogens with zero attached hydrogens (tertiary/aromatic N) is 2. The van der Waals surface area contributed by atoms with E-state index in [9.17, 15) is 8.42 Å². The maximum Gasteiger partial charge on any atom is 0.164 e. The summed E-state index contributed by atoms with van der Waals surface area (Å²) in [6.07, 6.45) is 1.03. The van der Waals surface area contributed by atoms with E-state index in [2.05, 4.69) is 43.9 Å². The van der Waals surface area contributed by atoms with E-state index in [1.54, 1.807) is 11.8 Å². The molecule has 1 aromatic rings. The molecule has 3 rings (SSSR count). The predicted octanol–water partition coefficient (Wildman–Crippen LogP) is 2.79. The van der Waals surface area contributed by atoms with Crippen molar-refractivity contribution in [3.8, 4) is 0 Å². The van der Waals surface area contributed by atoms with Crippen molar-refractivity contribution in [3.63, 3.8) is 0 Å². The van der Waals surface area contributed by atoms with Crippen molar-refractivity contribution in [1.82, 2.24) is 0 Å². The van der Waals surface area contributed by atoms with Crippen molar-refractivity contribution in [3.05, 3.63) is 29.3 Å². The smallest absolute Gasteiger partial charge is 0.164 e. The zero-order valence-corrected chi connectivity index (χ0v) is 14.9. The van der Waals surface area contributed by atoms with Gasteiger partial charge in [-0.3, -0.25) is 4.99 Å². The Hall–Kier alpha value is -1.01. The Morgan fingerprint density at radius 2 is 2.05 bits per heavy atom. The molecule has 0 N–H and O–H groups in total. The summed E-state index contributed by atoms with van der Waals surface area (Å²) in [6.45, 7) is 7.29. The lowest BCUT2D eigenvalue weighted by Gasteiger charge is -2.24. The summed E-state index contributed by atoms with van der Waals surface area (Å²) < 4.78 is 23.4. The molecule has 22 heavy (non-hydrogen) atoms. The quantitative estimate of drug-likeness (QED) is 0.850. The van der Waals surface area contributed by atoms with Crippen LogP contribution in [-0.4, -0.2) is 42.9 Å². The maximum absolute atomic E-state index is 11.7. The predicted molar refractivity (Wildman–Crippen MR) is 94.8 cm³/mol. The molecule has 2 aliphatic heterocycles. The highest BCUT2D eigenvalue weighted by Crippen LogP contribution is 2.37. The Morgan fingerprint density at radius 3 is 2.68 bits per heavy atom. The molecule has 1 fully saturated rings. The number of aryl methyl sites for hydroxylation is 2. The largest absolute Gasteiger partial charge is 0.321 e. The third kappa shape index (κ3) is 3.04. The molecular formula is C16H22N2O2S2. The van der Waals surface area contributed by atoms with Crippen molar-refractivity contribution in [2.24, 2.45) is 4.99 Å². The van der Waals surface area contributed by atoms with Gasteiger partial charge in [-0.1, -0.05) is 24.8 Å². The lowest BCUT2D eigenvalue weighted by Crippen LogP contribution is -2.29. The third-order valence-electron chi connectivity index (χ3n) is 4.29. The fourth-order valence-electron chi connectivity index (χ4n) is 2.92. The van der Waals surface area contributed by atoms with Gasteiger partial charge in [-0.2, -0.15) is 0 Å². The molecule has 2 heterocycles. The van der Waals surface area contributed by atoms with Gasteiger partial charge >= 0.3 is 0 Å². The van der Waals surface area contributed by atoms with Crippen LogP contribution in [0.5, 0.6) is 0 Å². The molecule has 0 spiro atoms. The van der Waals surface area contributed by atoms with E-state index in [-0.39, 0.29) is 22.8 Å². The van der Waals surface area contributed by atoms with Crippen LogP contribution in [0.2, 0.25) is 0 Å². The maximum atomic E-state index is 11.7. The van der Waals surface area contributed by atoms with E-state index in [1.807, 2.05) is 0 Å². The van der Waals surface area contributed by atoms with Crippen LogP contribution in [-0.2, 0) is 9.84 Å². The van der Waals surface area contributed by atoms with E-state index in [1.165, 1.54) is 11.1 Å². The van der Waals surface area contributed by atoms with E-state index in [0.717, 1.165) is 23.8 Å². The number of hydrogen-bond donors (Lipinski definition) is 0. The van der Waals surface area contributed by atoms with Gasteiger partial charge in [-0.15, -0.1) is 0 Å². The average molecular weight is 338 g/mol. The Kier molecular flexibility index (Phi) is 4.25.